The number of fused-ring (bicyclic) bond motifs is 1. The number of aromatic nitrogens is 3. The van der Waals surface area contributed by atoms with E-state index in [2.05, 4.69) is 21.7 Å². The van der Waals surface area contributed by atoms with Crippen LogP contribution < -0.4 is 15.4 Å². The fourth-order valence-corrected chi connectivity index (χ4v) is 6.21. The van der Waals surface area contributed by atoms with Gasteiger partial charge in [0.05, 0.1) is 23.7 Å². The van der Waals surface area contributed by atoms with Crippen LogP contribution in [0.15, 0.2) is 36.8 Å². The van der Waals surface area contributed by atoms with E-state index in [-0.39, 0.29) is 68.2 Å². The molecule has 5 N–H and O–H groups in total. The van der Waals surface area contributed by atoms with Gasteiger partial charge in [0.25, 0.3) is 6.54 Å². The number of carbonyl (C=O) groups excluding carboxylic acids is 3. The number of carbonyl (C=O) groups is 3. The Kier molecular flexibility index (Phi) is 12.0. The molecule has 3 amide bonds. The Balaban J connectivity index is 1.14. The highest BCUT2D eigenvalue weighted by molar-refractivity contribution is 5.95. The molecule has 52 heavy (non-hydrogen) atoms. The number of nitrogens with zero attached hydrogens (tertiary/aromatic N) is 8. The fraction of sp³-hybridized carbons (Fsp3) is 0.529. The van der Waals surface area contributed by atoms with Crippen LogP contribution in [0.25, 0.3) is 15.9 Å². The first-order valence-electron chi connectivity index (χ1n) is 16.8. The number of piperidine rings is 1. The molecule has 2 fully saturated rings. The van der Waals surface area contributed by atoms with Crippen molar-refractivity contribution in [1.82, 2.24) is 29.2 Å². The maximum Gasteiger partial charge on any atom is 0.409 e. The van der Waals surface area contributed by atoms with Crippen molar-refractivity contribution in [3.63, 3.8) is 0 Å². The number of benzene rings is 1. The molecule has 18 nitrogen and oxygen atoms in total. The molecule has 2 aliphatic rings. The smallest absolute Gasteiger partial charge is 0.409 e. The van der Waals surface area contributed by atoms with E-state index >= 15 is 0 Å². The molecule has 0 bridgehead atoms. The van der Waals surface area contributed by atoms with E-state index in [1.54, 1.807) is 37.3 Å². The Bertz CT molecular complexity index is 1800. The van der Waals surface area contributed by atoms with Crippen LogP contribution >= 0.6 is 0 Å². The number of aliphatic hydroxyl groups is 3. The number of aliphatic hydroxyl groups excluding tert-OH is 3. The van der Waals surface area contributed by atoms with Crippen molar-refractivity contribution in [2.24, 2.45) is 5.92 Å². The van der Waals surface area contributed by atoms with E-state index in [9.17, 15) is 29.7 Å². The number of nitrogen functional groups attached to an aromatic ring is 1. The molecule has 280 valence electrons. The van der Waals surface area contributed by atoms with Gasteiger partial charge >= 0.3 is 18.0 Å². The molecule has 0 saturated carbocycles. The van der Waals surface area contributed by atoms with Gasteiger partial charge < -0.3 is 59.7 Å². The van der Waals surface area contributed by atoms with Gasteiger partial charge in [0.15, 0.2) is 5.65 Å². The minimum absolute atomic E-state index is 0.0481. The Morgan fingerprint density at radius 2 is 1.85 bits per heavy atom. The summed E-state index contributed by atoms with van der Waals surface area (Å²) in [5.41, 5.74) is 7.25. The van der Waals surface area contributed by atoms with Crippen LogP contribution in [-0.2, 0) is 20.9 Å². The second kappa shape index (κ2) is 16.4. The predicted octanol–water partition coefficient (Wildman–Crippen LogP) is 0.592. The van der Waals surface area contributed by atoms with Crippen molar-refractivity contribution in [2.45, 2.75) is 50.6 Å². The second-order valence-electron chi connectivity index (χ2n) is 13.1. The normalized spacial score (nSPS) is 23.1. The first-order valence-corrected chi connectivity index (χ1v) is 16.8. The van der Waals surface area contributed by atoms with Crippen LogP contribution in [0, 0.1) is 12.5 Å². The maximum absolute atomic E-state index is 13.5. The zero-order valence-corrected chi connectivity index (χ0v) is 29.5. The SMILES string of the molecule is [C-]#[N+]CC(=O)N1CC[C@@H](C)[C@@H](N(C)c2ncnc3c2ccn3C(=O)N(C)CCN(C)C(=O)OCc2ccc(O[C@@H]3OC[C@@H](O)[C@H](O)[C@H]3O)c(N)c2)C1. The zero-order chi connectivity index (χ0) is 37.7. The first-order chi connectivity index (χ1) is 24.8. The molecule has 0 aliphatic carbocycles. The van der Waals surface area contributed by atoms with Crippen LogP contribution in [0.2, 0.25) is 0 Å². The summed E-state index contributed by atoms with van der Waals surface area (Å²) in [6.45, 7) is 10.1. The van der Waals surface area contributed by atoms with Crippen molar-refractivity contribution >= 4 is 40.6 Å². The average molecular weight is 724 g/mol. The monoisotopic (exact) mass is 723 g/mol. The number of amides is 3. The van der Waals surface area contributed by atoms with Gasteiger partial charge in [-0.2, -0.15) is 0 Å². The van der Waals surface area contributed by atoms with Gasteiger partial charge in [-0.05, 0) is 36.1 Å². The molecule has 0 radical (unpaired) electrons. The summed E-state index contributed by atoms with van der Waals surface area (Å²) in [5, 5.41) is 30.3. The van der Waals surface area contributed by atoms with E-state index in [1.807, 2.05) is 11.9 Å². The number of rotatable bonds is 10. The van der Waals surface area contributed by atoms with E-state index in [4.69, 9.17) is 26.5 Å². The third-order valence-electron chi connectivity index (χ3n) is 9.53. The number of nitrogens with two attached hydrogens (primary N) is 1. The number of likely N-dealkylation sites (N-methyl/N-ethyl adjacent to an activating group) is 3. The van der Waals surface area contributed by atoms with E-state index < -0.39 is 30.7 Å². The van der Waals surface area contributed by atoms with Gasteiger partial charge in [0.1, 0.15) is 42.8 Å². The topological polar surface area (TPSA) is 214 Å². The van der Waals surface area contributed by atoms with E-state index in [0.717, 1.165) is 6.42 Å². The third kappa shape index (κ3) is 8.29. The van der Waals surface area contributed by atoms with Crippen molar-refractivity contribution in [3.8, 4) is 5.75 Å². The van der Waals surface area contributed by atoms with Crippen LogP contribution in [0.3, 0.4) is 0 Å². The number of ether oxygens (including phenoxy) is 3. The van der Waals surface area contributed by atoms with Crippen molar-refractivity contribution < 1.29 is 43.9 Å². The Morgan fingerprint density at radius 3 is 2.58 bits per heavy atom. The summed E-state index contributed by atoms with van der Waals surface area (Å²) in [6, 6.07) is 6.03. The summed E-state index contributed by atoms with van der Waals surface area (Å²) in [6.07, 6.45) is -2.18. The lowest BCUT2D eigenvalue weighted by Crippen LogP contribution is -2.54. The molecule has 6 atom stereocenters. The number of hydrogen-bond acceptors (Lipinski definition) is 13. The molecule has 3 aromatic rings. The van der Waals surface area contributed by atoms with Crippen LogP contribution in [0.4, 0.5) is 21.1 Å². The molecular weight excluding hydrogens is 678 g/mol. The fourth-order valence-electron chi connectivity index (χ4n) is 6.21. The molecule has 0 spiro atoms. The lowest BCUT2D eigenvalue weighted by atomic mass is 9.92. The first kappa shape index (κ1) is 38.0. The lowest BCUT2D eigenvalue weighted by Gasteiger charge is -2.41. The van der Waals surface area contributed by atoms with Crippen molar-refractivity contribution in [3.05, 3.63) is 53.8 Å². The van der Waals surface area contributed by atoms with Gasteiger partial charge in [-0.15, -0.1) is 0 Å². The van der Waals surface area contributed by atoms with E-state index in [0.29, 0.717) is 35.5 Å². The highest BCUT2D eigenvalue weighted by Crippen LogP contribution is 2.30. The largest absolute Gasteiger partial charge is 0.460 e. The Morgan fingerprint density at radius 1 is 1.10 bits per heavy atom. The summed E-state index contributed by atoms with van der Waals surface area (Å²) in [7, 11) is 5.08. The van der Waals surface area contributed by atoms with Crippen LogP contribution in [0.1, 0.15) is 18.9 Å². The number of hydrogen-bond donors (Lipinski definition) is 4. The van der Waals surface area contributed by atoms with Gasteiger partial charge in [-0.3, -0.25) is 9.36 Å². The minimum atomic E-state index is -1.48. The molecule has 0 unspecified atom stereocenters. The summed E-state index contributed by atoms with van der Waals surface area (Å²) in [4.78, 5) is 57.4. The highest BCUT2D eigenvalue weighted by Gasteiger charge is 2.39. The van der Waals surface area contributed by atoms with Gasteiger partial charge in [0, 0.05) is 53.5 Å². The van der Waals surface area contributed by atoms with Crippen molar-refractivity contribution in [2.75, 3.05) is 71.1 Å². The molecule has 18 heteroatoms. The third-order valence-corrected chi connectivity index (χ3v) is 9.53. The Hall–Kier alpha value is -5.22. The van der Waals surface area contributed by atoms with Gasteiger partial charge in [0.2, 0.25) is 6.29 Å². The molecule has 1 aromatic carbocycles. The molecule has 2 aliphatic heterocycles. The number of likely N-dealkylation sites (tertiary alicyclic amines) is 1. The average Bonchev–Trinajstić information content (AvgIpc) is 3.58. The number of anilines is 2. The molecule has 2 aromatic heterocycles. The van der Waals surface area contributed by atoms with Gasteiger partial charge in [-0.25, -0.2) is 26.1 Å². The predicted molar refractivity (Wildman–Crippen MR) is 187 cm³/mol. The van der Waals surface area contributed by atoms with E-state index in [1.165, 1.54) is 32.8 Å². The summed E-state index contributed by atoms with van der Waals surface area (Å²) >= 11 is 0. The standard InChI is InChI=1S/C34H45N9O9/c1-20-8-10-42(27(45)15-36-2)16-24(20)41(5)30-22-9-11-43(31(22)38-19-37-30)33(48)39(3)12-13-40(4)34(49)51-17-21-6-7-26(23(35)14-21)52-32-29(47)28(46)25(44)18-50-32/h6-7,9,11,14,19-20,24-25,28-29,32,44,46-47H,8,10,12-13,15-18,35H2,1,3-5H3/t20-,24+,25-,28+,29-,32+/m1/s1. The Labute approximate surface area is 300 Å². The van der Waals surface area contributed by atoms with Gasteiger partial charge in [-0.1, -0.05) is 13.0 Å². The zero-order valence-electron chi connectivity index (χ0n) is 29.5. The summed E-state index contributed by atoms with van der Waals surface area (Å²) in [5.74, 6) is 0.873. The van der Waals surface area contributed by atoms with Crippen LogP contribution in [0.5, 0.6) is 5.75 Å². The maximum atomic E-state index is 13.5. The molecular formula is C34H45N9O9. The second-order valence-corrected chi connectivity index (χ2v) is 13.1. The quantitative estimate of drug-likeness (QED) is 0.167. The lowest BCUT2D eigenvalue weighted by molar-refractivity contribution is -0.241. The molecule has 2 saturated heterocycles. The minimum Gasteiger partial charge on any atom is -0.460 e. The summed E-state index contributed by atoms with van der Waals surface area (Å²) < 4.78 is 17.7. The molecule has 5 rings (SSSR count). The molecule has 4 heterocycles. The van der Waals surface area contributed by atoms with Crippen LogP contribution in [-0.4, -0.2) is 154 Å². The van der Waals surface area contributed by atoms with Crippen molar-refractivity contribution in [1.29, 1.82) is 0 Å². The highest BCUT2D eigenvalue weighted by atomic mass is 16.7.